The van der Waals surface area contributed by atoms with Gasteiger partial charge in [0.05, 0.1) is 6.04 Å². The van der Waals surface area contributed by atoms with E-state index in [1.54, 1.807) is 0 Å². The fourth-order valence-electron chi connectivity index (χ4n) is 3.93. The highest BCUT2D eigenvalue weighted by molar-refractivity contribution is 5.25. The molecule has 0 radical (unpaired) electrons. The maximum atomic E-state index is 13.9. The summed E-state index contributed by atoms with van der Waals surface area (Å²) in [6.07, 6.45) is 4.48. The molecule has 0 saturated heterocycles. The number of rotatable bonds is 3. The molecule has 0 aromatic heterocycles. The second-order valence-corrected chi connectivity index (χ2v) is 5.75. The van der Waals surface area contributed by atoms with Crippen LogP contribution in [0.25, 0.3) is 0 Å². The lowest BCUT2D eigenvalue weighted by Crippen LogP contribution is -2.36. The zero-order valence-corrected chi connectivity index (χ0v) is 10.5. The first-order valence-electron chi connectivity index (χ1n) is 6.71. The van der Waals surface area contributed by atoms with Gasteiger partial charge in [-0.2, -0.15) is 0 Å². The smallest absolute Gasteiger partial charge is 0.194 e. The molecule has 0 amide bonds. The van der Waals surface area contributed by atoms with E-state index in [-0.39, 0.29) is 11.5 Å². The highest BCUT2D eigenvalue weighted by atomic mass is 19.2. The van der Waals surface area contributed by atoms with Gasteiger partial charge in [0, 0.05) is 5.56 Å². The zero-order chi connectivity index (χ0) is 13.6. The lowest BCUT2D eigenvalue weighted by Gasteiger charge is -2.30. The molecule has 0 spiro atoms. The normalized spacial score (nSPS) is 30.8. The van der Waals surface area contributed by atoms with Crippen LogP contribution in [0, 0.1) is 35.2 Å². The van der Waals surface area contributed by atoms with Crippen molar-refractivity contribution in [3.8, 4) is 0 Å². The third kappa shape index (κ3) is 2.05. The van der Waals surface area contributed by atoms with Gasteiger partial charge < -0.3 is 0 Å². The SMILES string of the molecule is NNC(c1ccc(F)c(F)c1F)C1CC2CCC1C2. The number of benzene rings is 1. The summed E-state index contributed by atoms with van der Waals surface area (Å²) in [5, 5.41) is 0. The first kappa shape index (κ1) is 12.9. The Morgan fingerprint density at radius 1 is 1.11 bits per heavy atom. The Morgan fingerprint density at radius 3 is 2.47 bits per heavy atom. The van der Waals surface area contributed by atoms with Gasteiger partial charge in [-0.3, -0.25) is 11.3 Å². The van der Waals surface area contributed by atoms with Crippen LogP contribution in [-0.4, -0.2) is 0 Å². The first-order chi connectivity index (χ1) is 9.11. The van der Waals surface area contributed by atoms with Crippen LogP contribution in [0.5, 0.6) is 0 Å². The van der Waals surface area contributed by atoms with E-state index in [4.69, 9.17) is 5.84 Å². The van der Waals surface area contributed by atoms with E-state index < -0.39 is 23.5 Å². The maximum absolute atomic E-state index is 13.9. The number of nitrogens with two attached hydrogens (primary N) is 1. The molecule has 1 aromatic rings. The third-order valence-corrected chi connectivity index (χ3v) is 4.80. The molecule has 1 aromatic carbocycles. The van der Waals surface area contributed by atoms with Gasteiger partial charge in [-0.05, 0) is 43.1 Å². The van der Waals surface area contributed by atoms with Gasteiger partial charge >= 0.3 is 0 Å². The van der Waals surface area contributed by atoms with Crippen LogP contribution in [0.3, 0.4) is 0 Å². The van der Waals surface area contributed by atoms with Gasteiger partial charge in [0.1, 0.15) is 0 Å². The molecule has 4 unspecified atom stereocenters. The minimum Gasteiger partial charge on any atom is -0.271 e. The molecule has 0 heterocycles. The lowest BCUT2D eigenvalue weighted by atomic mass is 9.80. The van der Waals surface area contributed by atoms with E-state index >= 15 is 0 Å². The fourth-order valence-corrected chi connectivity index (χ4v) is 3.93. The molecule has 19 heavy (non-hydrogen) atoms. The van der Waals surface area contributed by atoms with Gasteiger partial charge in [0.2, 0.25) is 0 Å². The minimum absolute atomic E-state index is 0.138. The largest absolute Gasteiger partial charge is 0.271 e. The molecule has 3 rings (SSSR count). The molecular formula is C14H17F3N2. The molecule has 3 N–H and O–H groups in total. The predicted octanol–water partition coefficient (Wildman–Crippen LogP) is 3.04. The molecule has 2 fully saturated rings. The summed E-state index contributed by atoms with van der Waals surface area (Å²) in [6.45, 7) is 0. The Hall–Kier alpha value is -1.07. The van der Waals surface area contributed by atoms with Crippen molar-refractivity contribution in [3.05, 3.63) is 35.1 Å². The summed E-state index contributed by atoms with van der Waals surface area (Å²) in [5.74, 6) is 3.25. The second-order valence-electron chi connectivity index (χ2n) is 5.75. The Bertz CT molecular complexity index is 492. The van der Waals surface area contributed by atoms with Crippen molar-refractivity contribution in [2.75, 3.05) is 0 Å². The van der Waals surface area contributed by atoms with Crippen LogP contribution in [-0.2, 0) is 0 Å². The van der Waals surface area contributed by atoms with Crippen molar-refractivity contribution in [2.24, 2.45) is 23.6 Å². The molecule has 5 heteroatoms. The molecule has 2 aliphatic carbocycles. The van der Waals surface area contributed by atoms with Crippen molar-refractivity contribution >= 4 is 0 Å². The Labute approximate surface area is 110 Å². The Balaban J connectivity index is 1.93. The van der Waals surface area contributed by atoms with Crippen molar-refractivity contribution in [1.82, 2.24) is 5.43 Å². The number of fused-ring (bicyclic) bond motifs is 2. The van der Waals surface area contributed by atoms with E-state index in [1.807, 2.05) is 0 Å². The van der Waals surface area contributed by atoms with Crippen molar-refractivity contribution in [1.29, 1.82) is 0 Å². The molecule has 104 valence electrons. The van der Waals surface area contributed by atoms with Gasteiger partial charge in [-0.25, -0.2) is 13.2 Å². The van der Waals surface area contributed by atoms with Crippen LogP contribution in [0.15, 0.2) is 12.1 Å². The fraction of sp³-hybridized carbons (Fsp3) is 0.571. The van der Waals surface area contributed by atoms with E-state index in [1.165, 1.54) is 12.5 Å². The van der Waals surface area contributed by atoms with Crippen LogP contribution >= 0.6 is 0 Å². The van der Waals surface area contributed by atoms with Crippen LogP contribution in [0.2, 0.25) is 0 Å². The number of hydrogen-bond acceptors (Lipinski definition) is 2. The first-order valence-corrected chi connectivity index (χ1v) is 6.71. The van der Waals surface area contributed by atoms with E-state index in [0.717, 1.165) is 25.3 Å². The summed E-state index contributed by atoms with van der Waals surface area (Å²) in [5.41, 5.74) is 2.74. The van der Waals surface area contributed by atoms with E-state index in [9.17, 15) is 13.2 Å². The molecule has 4 atom stereocenters. The van der Waals surface area contributed by atoms with Crippen LogP contribution in [0.4, 0.5) is 13.2 Å². The zero-order valence-electron chi connectivity index (χ0n) is 10.5. The van der Waals surface area contributed by atoms with E-state index in [0.29, 0.717) is 11.8 Å². The van der Waals surface area contributed by atoms with Gasteiger partial charge in [-0.1, -0.05) is 12.5 Å². The van der Waals surface area contributed by atoms with E-state index in [2.05, 4.69) is 5.43 Å². The molecule has 2 nitrogen and oxygen atoms in total. The van der Waals surface area contributed by atoms with Crippen LogP contribution < -0.4 is 11.3 Å². The molecule has 0 aliphatic heterocycles. The predicted molar refractivity (Wildman–Crippen MR) is 65.3 cm³/mol. The molecular weight excluding hydrogens is 253 g/mol. The van der Waals surface area contributed by atoms with Crippen molar-refractivity contribution in [3.63, 3.8) is 0 Å². The summed E-state index contributed by atoms with van der Waals surface area (Å²) in [4.78, 5) is 0. The molecule has 2 saturated carbocycles. The number of nitrogens with one attached hydrogen (secondary N) is 1. The number of hydrogen-bond donors (Lipinski definition) is 2. The molecule has 2 bridgehead atoms. The average molecular weight is 270 g/mol. The molecule has 2 aliphatic rings. The summed E-state index contributed by atoms with van der Waals surface area (Å²) >= 11 is 0. The highest BCUT2D eigenvalue weighted by Gasteiger charge is 2.44. The summed E-state index contributed by atoms with van der Waals surface area (Å²) < 4.78 is 40.2. The Morgan fingerprint density at radius 2 is 1.89 bits per heavy atom. The second kappa shape index (κ2) is 4.80. The number of halogens is 3. The van der Waals surface area contributed by atoms with Crippen molar-refractivity contribution in [2.45, 2.75) is 31.7 Å². The third-order valence-electron chi connectivity index (χ3n) is 4.80. The Kier molecular flexibility index (Phi) is 3.27. The number of hydrazine groups is 1. The highest BCUT2D eigenvalue weighted by Crippen LogP contribution is 2.52. The summed E-state index contributed by atoms with van der Waals surface area (Å²) in [7, 11) is 0. The standard InChI is InChI=1S/C14H17F3N2/c15-11-4-3-9(12(16)13(11)17)14(19-18)10-6-7-1-2-8(10)5-7/h3-4,7-8,10,14,19H,1-2,5-6,18H2. The quantitative estimate of drug-likeness (QED) is 0.503. The van der Waals surface area contributed by atoms with Gasteiger partial charge in [-0.15, -0.1) is 0 Å². The maximum Gasteiger partial charge on any atom is 0.194 e. The van der Waals surface area contributed by atoms with Crippen molar-refractivity contribution < 1.29 is 13.2 Å². The topological polar surface area (TPSA) is 38.0 Å². The minimum atomic E-state index is -1.42. The van der Waals surface area contributed by atoms with Gasteiger partial charge in [0.25, 0.3) is 0 Å². The average Bonchev–Trinajstić information content (AvgIpc) is 3.02. The lowest BCUT2D eigenvalue weighted by molar-refractivity contribution is 0.246. The van der Waals surface area contributed by atoms with Crippen LogP contribution in [0.1, 0.15) is 37.3 Å². The van der Waals surface area contributed by atoms with Gasteiger partial charge in [0.15, 0.2) is 17.5 Å². The summed E-state index contributed by atoms with van der Waals surface area (Å²) in [6, 6.07) is 1.82. The monoisotopic (exact) mass is 270 g/mol.